The number of carbonyl (C=O) groups excluding carboxylic acids is 5. The zero-order valence-electron chi connectivity index (χ0n) is 47.2. The molecule has 9 N–H and O–H groups in total. The number of benzene rings is 5. The first-order chi connectivity index (χ1) is 38.0. The van der Waals surface area contributed by atoms with Gasteiger partial charge in [-0.2, -0.15) is 0 Å². The maximum absolute atomic E-state index is 14.7. The van der Waals surface area contributed by atoms with Gasteiger partial charge in [0, 0.05) is 30.1 Å². The third kappa shape index (κ3) is 17.9. The Kier molecular flexibility index (Phi) is 21.9. The number of ether oxygens (including phenoxy) is 2. The fourth-order valence-electron chi connectivity index (χ4n) is 9.33. The Balaban J connectivity index is 1.21. The number of amides is 5. The Labute approximate surface area is 474 Å². The van der Waals surface area contributed by atoms with Crippen molar-refractivity contribution < 1.29 is 43.3 Å². The van der Waals surface area contributed by atoms with Gasteiger partial charge in [0.15, 0.2) is 0 Å². The number of hydrogen-bond donors (Lipinski definition) is 8. The summed E-state index contributed by atoms with van der Waals surface area (Å²) in [4.78, 5) is 86.4. The molecule has 0 spiro atoms. The number of nitrogens with one attached hydrogen (secondary N) is 6. The summed E-state index contributed by atoms with van der Waals surface area (Å²) in [6.45, 7) is 14.8. The Morgan fingerprint density at radius 2 is 1.14 bits per heavy atom. The lowest BCUT2D eigenvalue weighted by molar-refractivity contribution is -0.142. The number of carbonyl (C=O) groups is 6. The van der Waals surface area contributed by atoms with E-state index in [4.69, 9.17) is 15.2 Å². The summed E-state index contributed by atoms with van der Waals surface area (Å²) < 4.78 is 10.6. The second-order valence-electron chi connectivity index (χ2n) is 22.3. The number of nitrogens with two attached hydrogens (primary N) is 1. The zero-order valence-corrected chi connectivity index (χ0v) is 48.0. The number of carboxylic acids is 1. The Hall–Kier alpha value is -7.63. The highest BCUT2D eigenvalue weighted by Gasteiger charge is 2.38. The monoisotopic (exact) mass is 1110 g/mol. The molecule has 0 radical (unpaired) electrons. The van der Waals surface area contributed by atoms with Crippen molar-refractivity contribution in [2.75, 3.05) is 12.3 Å². The van der Waals surface area contributed by atoms with Crippen LogP contribution < -0.4 is 37.1 Å². The van der Waals surface area contributed by atoms with Crippen molar-refractivity contribution >= 4 is 58.4 Å². The Bertz CT molecular complexity index is 2880. The molecule has 5 amide bonds. The second kappa shape index (κ2) is 28.5. The molecule has 0 saturated heterocycles. The molecule has 1 heterocycles. The van der Waals surface area contributed by atoms with Crippen molar-refractivity contribution in [3.8, 4) is 5.75 Å². The maximum Gasteiger partial charge on any atom is 0.407 e. The predicted molar refractivity (Wildman–Crippen MR) is 315 cm³/mol. The lowest BCUT2D eigenvalue weighted by atomic mass is 9.84. The van der Waals surface area contributed by atoms with Crippen LogP contribution in [0.1, 0.15) is 109 Å². The quantitative estimate of drug-likeness (QED) is 0.0179. The number of thioether (sulfide) groups is 1. The van der Waals surface area contributed by atoms with Crippen LogP contribution >= 0.6 is 11.8 Å². The molecule has 0 aliphatic carbocycles. The van der Waals surface area contributed by atoms with Gasteiger partial charge in [0.05, 0.1) is 10.8 Å². The van der Waals surface area contributed by atoms with Gasteiger partial charge in [-0.3, -0.25) is 19.2 Å². The number of H-pyrrole nitrogens is 1. The average Bonchev–Trinajstić information content (AvgIpc) is 3.98. The normalized spacial score (nSPS) is 13.7. The van der Waals surface area contributed by atoms with Crippen molar-refractivity contribution in [1.29, 1.82) is 0 Å². The fourth-order valence-corrected chi connectivity index (χ4v) is 10.9. The number of rotatable bonds is 27. The second-order valence-corrected chi connectivity index (χ2v) is 23.6. The number of carboxylic acid groups (broad SMARTS) is 1. The molecule has 0 aliphatic heterocycles. The molecular formula is C63H79N7O9S. The molecule has 16 nitrogen and oxygen atoms in total. The third-order valence-electron chi connectivity index (χ3n) is 13.2. The summed E-state index contributed by atoms with van der Waals surface area (Å²) in [6.07, 6.45) is 2.15. The number of unbranched alkanes of at least 4 members (excludes halogenated alkanes) is 1. The summed E-state index contributed by atoms with van der Waals surface area (Å²) in [5, 5.41) is 25.5. The summed E-state index contributed by atoms with van der Waals surface area (Å²) in [7, 11) is 0. The molecular weight excluding hydrogens is 1030 g/mol. The van der Waals surface area contributed by atoms with Crippen LogP contribution in [-0.2, 0) is 46.3 Å². The molecule has 0 saturated carbocycles. The summed E-state index contributed by atoms with van der Waals surface area (Å²) in [6, 6.07) is 38.7. The van der Waals surface area contributed by atoms with Gasteiger partial charge in [-0.25, -0.2) is 9.59 Å². The first kappa shape index (κ1) is 61.6. The van der Waals surface area contributed by atoms with E-state index in [-0.39, 0.29) is 32.2 Å². The van der Waals surface area contributed by atoms with Gasteiger partial charge >= 0.3 is 12.1 Å². The molecule has 5 atom stereocenters. The van der Waals surface area contributed by atoms with Crippen molar-refractivity contribution in [2.24, 2.45) is 11.7 Å². The summed E-state index contributed by atoms with van der Waals surface area (Å²) >= 11 is 1.57. The molecule has 0 bridgehead atoms. The number of fused-ring (bicyclic) bond motifs is 1. The van der Waals surface area contributed by atoms with Gasteiger partial charge in [-0.05, 0) is 131 Å². The smallest absolute Gasteiger partial charge is 0.407 e. The molecule has 5 aromatic carbocycles. The Morgan fingerprint density at radius 3 is 1.69 bits per heavy atom. The molecule has 17 heteroatoms. The number of para-hydroxylation sites is 1. The molecule has 0 fully saturated rings. The van der Waals surface area contributed by atoms with Crippen LogP contribution in [0.5, 0.6) is 5.75 Å². The molecule has 0 unspecified atom stereocenters. The zero-order chi connectivity index (χ0) is 58.0. The van der Waals surface area contributed by atoms with E-state index in [9.17, 15) is 33.9 Å². The van der Waals surface area contributed by atoms with E-state index < -0.39 is 87.8 Å². The highest BCUT2D eigenvalue weighted by Crippen LogP contribution is 2.48. The van der Waals surface area contributed by atoms with E-state index in [1.807, 2.05) is 124 Å². The van der Waals surface area contributed by atoms with E-state index >= 15 is 0 Å². The molecule has 6 rings (SSSR count). The van der Waals surface area contributed by atoms with Gasteiger partial charge in [-0.1, -0.05) is 135 Å². The summed E-state index contributed by atoms with van der Waals surface area (Å²) in [5.74, 6) is -3.50. The molecule has 80 heavy (non-hydrogen) atoms. The maximum atomic E-state index is 14.7. The number of hydrogen-bond acceptors (Lipinski definition) is 10. The third-order valence-corrected chi connectivity index (χ3v) is 14.8. The lowest BCUT2D eigenvalue weighted by Gasteiger charge is -2.36. The first-order valence-corrected chi connectivity index (χ1v) is 28.3. The van der Waals surface area contributed by atoms with Gasteiger partial charge < -0.3 is 51.9 Å². The van der Waals surface area contributed by atoms with Crippen LogP contribution in [0.2, 0.25) is 0 Å². The SMILES string of the molecule is CC(C)[C@H](NC(=O)[C@H](CCCCNC(=O)OC(C)(C)C)NC(=O)[C@@H](Cc1c[nH]c2ccccc12)NC(=O)[C@@H](N)Cc1ccc(OC(C)(C)C)cc1)C(=O)N[C@@H](CCSC(c1ccccc1)(c1ccccc1)c1ccccc1)C(=O)O. The van der Waals surface area contributed by atoms with E-state index in [1.54, 1.807) is 52.6 Å². The highest BCUT2D eigenvalue weighted by molar-refractivity contribution is 8.00. The molecule has 426 valence electrons. The molecule has 0 aliphatic rings. The van der Waals surface area contributed by atoms with Gasteiger partial charge in [-0.15, -0.1) is 11.8 Å². The largest absolute Gasteiger partial charge is 0.488 e. The summed E-state index contributed by atoms with van der Waals surface area (Å²) in [5.41, 5.74) is 10.7. The first-order valence-electron chi connectivity index (χ1n) is 27.3. The predicted octanol–water partition coefficient (Wildman–Crippen LogP) is 8.95. The van der Waals surface area contributed by atoms with Crippen molar-refractivity contribution in [3.05, 3.63) is 174 Å². The number of aromatic amines is 1. The fraction of sp³-hybridized carbons (Fsp3) is 0.397. The van der Waals surface area contributed by atoms with Crippen LogP contribution in [0.25, 0.3) is 10.9 Å². The topological polar surface area (TPSA) is 243 Å². The van der Waals surface area contributed by atoms with E-state index in [0.717, 1.165) is 38.7 Å². The molecule has 1 aromatic heterocycles. The number of alkyl carbamates (subject to hydrolysis) is 1. The average molecular weight is 1110 g/mol. The van der Waals surface area contributed by atoms with Gasteiger partial charge in [0.2, 0.25) is 23.6 Å². The lowest BCUT2D eigenvalue weighted by Crippen LogP contribution is -2.59. The van der Waals surface area contributed by atoms with Crippen LogP contribution in [-0.4, -0.2) is 99.5 Å². The standard InChI is InChI=1S/C63H79N7O9S/c1-41(2)54(58(74)68-52(59(75)76)35-37-80-63(44-22-12-9-13-23-44,45-24-14-10-15-25-45)46-26-16-11-17-27-46)70-56(72)51(30-20-21-36-65-60(77)79-62(6,7)8)67-57(73)53(39-43-40-66-50-29-19-18-28-48(43)50)69-55(71)49(64)38-42-31-33-47(34-32-42)78-61(3,4)5/h9-19,22-29,31-34,40-41,49,51-54,66H,20-21,30,35-39,64H2,1-8H3,(H,65,77)(H,67,73)(H,68,74)(H,69,71)(H,70,72)(H,75,76)/t49-,51-,52-,53+,54-/m0/s1. The Morgan fingerprint density at radius 1 is 0.600 bits per heavy atom. The van der Waals surface area contributed by atoms with Crippen molar-refractivity contribution in [2.45, 2.75) is 140 Å². The highest BCUT2D eigenvalue weighted by atomic mass is 32.2. The number of aliphatic carboxylic acids is 1. The van der Waals surface area contributed by atoms with Crippen LogP contribution in [0.3, 0.4) is 0 Å². The van der Waals surface area contributed by atoms with E-state index in [1.165, 1.54) is 0 Å². The van der Waals surface area contributed by atoms with Crippen LogP contribution in [0.4, 0.5) is 4.79 Å². The van der Waals surface area contributed by atoms with Crippen LogP contribution in [0, 0.1) is 5.92 Å². The minimum Gasteiger partial charge on any atom is -0.488 e. The minimum atomic E-state index is -1.33. The van der Waals surface area contributed by atoms with E-state index in [0.29, 0.717) is 24.3 Å². The van der Waals surface area contributed by atoms with Crippen LogP contribution in [0.15, 0.2) is 146 Å². The van der Waals surface area contributed by atoms with E-state index in [2.05, 4.69) is 68.0 Å². The van der Waals surface area contributed by atoms with Crippen molar-refractivity contribution in [1.82, 2.24) is 31.6 Å². The van der Waals surface area contributed by atoms with Gasteiger partial charge in [0.25, 0.3) is 0 Å². The molecule has 6 aromatic rings. The number of aromatic nitrogens is 1. The van der Waals surface area contributed by atoms with Crippen molar-refractivity contribution in [3.63, 3.8) is 0 Å². The minimum absolute atomic E-state index is 0.0242. The van der Waals surface area contributed by atoms with Gasteiger partial charge in [0.1, 0.15) is 41.1 Å².